The van der Waals surface area contributed by atoms with Crippen LogP contribution in [0.4, 0.5) is 35.1 Å². The second-order valence-electron chi connectivity index (χ2n) is 7.77. The van der Waals surface area contributed by atoms with Gasteiger partial charge in [0.2, 0.25) is 0 Å². The Morgan fingerprint density at radius 3 is 1.64 bits per heavy atom. The van der Waals surface area contributed by atoms with Crippen LogP contribution in [0.25, 0.3) is 0 Å². The fraction of sp³-hybridized carbons (Fsp3) is 0.905. The summed E-state index contributed by atoms with van der Waals surface area (Å²) in [6.45, 7) is -0.185. The van der Waals surface area contributed by atoms with Gasteiger partial charge in [-0.2, -0.15) is 26.3 Å². The molecule has 0 atom stereocenters. The summed E-state index contributed by atoms with van der Waals surface area (Å²) >= 11 is 0. The highest BCUT2D eigenvalue weighted by Gasteiger charge is 2.75. The molecule has 0 amide bonds. The number of carbonyl (C=O) groups is 2. The lowest BCUT2D eigenvalue weighted by Gasteiger charge is -2.31. The molecule has 0 saturated carbocycles. The van der Waals surface area contributed by atoms with E-state index in [0.717, 1.165) is 25.7 Å². The summed E-state index contributed by atoms with van der Waals surface area (Å²) in [4.78, 5) is 22.9. The lowest BCUT2D eigenvalue weighted by Crippen LogP contribution is -2.59. The van der Waals surface area contributed by atoms with E-state index in [1.165, 1.54) is 25.7 Å². The van der Waals surface area contributed by atoms with Crippen LogP contribution in [0.1, 0.15) is 84.0 Å². The predicted octanol–water partition coefficient (Wildman–Crippen LogP) is 6.94. The van der Waals surface area contributed by atoms with Gasteiger partial charge in [0.15, 0.2) is 6.61 Å². The van der Waals surface area contributed by atoms with Gasteiger partial charge in [0.1, 0.15) is 0 Å². The minimum absolute atomic E-state index is 0.179. The number of hydrogen-bond acceptors (Lipinski definition) is 4. The van der Waals surface area contributed by atoms with Crippen molar-refractivity contribution in [2.75, 3.05) is 13.2 Å². The van der Waals surface area contributed by atoms with Crippen LogP contribution in [0.15, 0.2) is 0 Å². The lowest BCUT2D eigenvalue weighted by molar-refractivity contribution is -0.344. The first-order valence-corrected chi connectivity index (χ1v) is 11.0. The number of unbranched alkanes of at least 4 members (excludes halogenated alkanes) is 8. The van der Waals surface area contributed by atoms with Crippen LogP contribution >= 0.6 is 0 Å². The number of ether oxygens (including phenoxy) is 2. The Labute approximate surface area is 188 Å². The second-order valence-corrected chi connectivity index (χ2v) is 7.77. The summed E-state index contributed by atoms with van der Waals surface area (Å²) in [5.41, 5.74) is 0. The third-order valence-electron chi connectivity index (χ3n) is 4.84. The molecule has 0 aromatic rings. The van der Waals surface area contributed by atoms with Gasteiger partial charge >= 0.3 is 36.1 Å². The largest absolute Gasteiger partial charge is 0.466 e. The van der Waals surface area contributed by atoms with Crippen molar-refractivity contribution in [3.63, 3.8) is 0 Å². The SMILES string of the molecule is CCCCCCCCCCCOC(=O)CCCC(=O)OCC(F)(F)C(F)(F)C(F)(F)C(F)F. The van der Waals surface area contributed by atoms with Crippen molar-refractivity contribution in [3.8, 4) is 0 Å². The molecule has 12 heteroatoms. The molecule has 0 saturated heterocycles. The highest BCUT2D eigenvalue weighted by atomic mass is 19.4. The van der Waals surface area contributed by atoms with Crippen LogP contribution in [-0.4, -0.2) is 49.3 Å². The number of alkyl halides is 8. The van der Waals surface area contributed by atoms with E-state index < -0.39 is 49.2 Å². The summed E-state index contributed by atoms with van der Waals surface area (Å²) in [7, 11) is 0. The van der Waals surface area contributed by atoms with E-state index in [4.69, 9.17) is 4.74 Å². The van der Waals surface area contributed by atoms with E-state index in [-0.39, 0.29) is 19.4 Å². The highest BCUT2D eigenvalue weighted by Crippen LogP contribution is 2.48. The van der Waals surface area contributed by atoms with Gasteiger partial charge in [-0.15, -0.1) is 0 Å². The Morgan fingerprint density at radius 2 is 1.15 bits per heavy atom. The van der Waals surface area contributed by atoms with Crippen LogP contribution in [-0.2, 0) is 19.1 Å². The van der Waals surface area contributed by atoms with Crippen LogP contribution in [0.5, 0.6) is 0 Å². The maximum absolute atomic E-state index is 13.3. The minimum Gasteiger partial charge on any atom is -0.466 e. The number of hydrogen-bond donors (Lipinski definition) is 0. The molecule has 4 nitrogen and oxygen atoms in total. The van der Waals surface area contributed by atoms with Crippen LogP contribution in [0.2, 0.25) is 0 Å². The number of rotatable bonds is 19. The first kappa shape index (κ1) is 31.4. The zero-order chi connectivity index (χ0) is 25.5. The second kappa shape index (κ2) is 15.3. The van der Waals surface area contributed by atoms with Gasteiger partial charge in [0, 0.05) is 12.8 Å². The van der Waals surface area contributed by atoms with E-state index in [1.54, 1.807) is 0 Å². The molecule has 0 bridgehead atoms. The molecule has 0 rings (SSSR count). The molecule has 0 spiro atoms. The molecule has 0 aromatic carbocycles. The quantitative estimate of drug-likeness (QED) is 0.109. The molecule has 0 heterocycles. The smallest absolute Gasteiger partial charge is 0.381 e. The van der Waals surface area contributed by atoms with Crippen LogP contribution < -0.4 is 0 Å². The Kier molecular flexibility index (Phi) is 14.6. The molecule has 33 heavy (non-hydrogen) atoms. The van der Waals surface area contributed by atoms with E-state index in [9.17, 15) is 44.7 Å². The molecule has 0 N–H and O–H groups in total. The van der Waals surface area contributed by atoms with Gasteiger partial charge in [-0.3, -0.25) is 9.59 Å². The normalized spacial score (nSPS) is 12.8. The standard InChI is InChI=1S/C21H32F8O4/c1-2-3-4-5-6-7-8-9-10-14-32-16(30)12-11-13-17(31)33-15-19(24,25)21(28,29)20(26,27)18(22)23/h18H,2-15H2,1H3. The fourth-order valence-corrected chi connectivity index (χ4v) is 2.76. The van der Waals surface area contributed by atoms with E-state index in [1.807, 2.05) is 0 Å². The molecule has 196 valence electrons. The first-order valence-electron chi connectivity index (χ1n) is 11.0. The molecule has 0 unspecified atom stereocenters. The Balaban J connectivity index is 3.99. The van der Waals surface area contributed by atoms with Crippen molar-refractivity contribution >= 4 is 11.9 Å². The van der Waals surface area contributed by atoms with Gasteiger partial charge < -0.3 is 9.47 Å². The maximum atomic E-state index is 13.3. The monoisotopic (exact) mass is 500 g/mol. The Hall–Kier alpha value is -1.62. The number of esters is 2. The molecule has 0 radical (unpaired) electrons. The van der Waals surface area contributed by atoms with Gasteiger partial charge in [-0.1, -0.05) is 58.3 Å². The van der Waals surface area contributed by atoms with Gasteiger partial charge in [-0.25, -0.2) is 8.78 Å². The van der Waals surface area contributed by atoms with Gasteiger partial charge in [0.25, 0.3) is 0 Å². The average molecular weight is 500 g/mol. The van der Waals surface area contributed by atoms with Crippen molar-refractivity contribution in [2.24, 2.45) is 0 Å². The predicted molar refractivity (Wildman–Crippen MR) is 104 cm³/mol. The number of halogens is 8. The Morgan fingerprint density at radius 1 is 0.697 bits per heavy atom. The minimum atomic E-state index is -6.44. The fourth-order valence-electron chi connectivity index (χ4n) is 2.76. The molecule has 0 aliphatic heterocycles. The molecule has 0 fully saturated rings. The van der Waals surface area contributed by atoms with E-state index >= 15 is 0 Å². The molecule has 0 aliphatic carbocycles. The molecular weight excluding hydrogens is 468 g/mol. The van der Waals surface area contributed by atoms with Gasteiger partial charge in [-0.05, 0) is 12.8 Å². The lowest BCUT2D eigenvalue weighted by atomic mass is 10.1. The summed E-state index contributed by atoms with van der Waals surface area (Å²) in [5.74, 6) is -20.6. The average Bonchev–Trinajstić information content (AvgIpc) is 2.73. The third-order valence-corrected chi connectivity index (χ3v) is 4.84. The third kappa shape index (κ3) is 11.4. The molecule has 0 aromatic heterocycles. The molecule has 0 aliphatic rings. The topological polar surface area (TPSA) is 52.6 Å². The summed E-state index contributed by atoms with van der Waals surface area (Å²) in [5, 5.41) is 0. The first-order chi connectivity index (χ1) is 15.3. The van der Waals surface area contributed by atoms with Crippen LogP contribution in [0, 0.1) is 0 Å². The zero-order valence-electron chi connectivity index (χ0n) is 18.6. The van der Waals surface area contributed by atoms with Crippen molar-refractivity contribution < 1.29 is 54.2 Å². The van der Waals surface area contributed by atoms with Crippen molar-refractivity contribution in [2.45, 2.75) is 108 Å². The summed E-state index contributed by atoms with van der Waals surface area (Å²) in [6, 6.07) is 0. The maximum Gasteiger partial charge on any atom is 0.381 e. The zero-order valence-corrected chi connectivity index (χ0v) is 18.6. The van der Waals surface area contributed by atoms with Crippen molar-refractivity contribution in [1.82, 2.24) is 0 Å². The highest BCUT2D eigenvalue weighted by molar-refractivity contribution is 5.72. The van der Waals surface area contributed by atoms with Crippen molar-refractivity contribution in [3.05, 3.63) is 0 Å². The van der Waals surface area contributed by atoms with E-state index in [2.05, 4.69) is 11.7 Å². The van der Waals surface area contributed by atoms with Gasteiger partial charge in [0.05, 0.1) is 6.61 Å². The summed E-state index contributed by atoms with van der Waals surface area (Å²) in [6.07, 6.45) is 3.48. The van der Waals surface area contributed by atoms with Crippen molar-refractivity contribution in [1.29, 1.82) is 0 Å². The van der Waals surface area contributed by atoms with Crippen LogP contribution in [0.3, 0.4) is 0 Å². The molecular formula is C21H32F8O4. The Bertz CT molecular complexity index is 570. The number of carbonyl (C=O) groups excluding carboxylic acids is 2. The van der Waals surface area contributed by atoms with E-state index in [0.29, 0.717) is 6.42 Å². The summed E-state index contributed by atoms with van der Waals surface area (Å²) < 4.78 is 111.